The molecule has 0 bridgehead atoms. The molecular weight excluding hydrogens is 325 g/mol. The number of guanidine groups is 1. The Morgan fingerprint density at radius 2 is 2.04 bits per heavy atom. The molecule has 1 heterocycles. The molecule has 0 radical (unpaired) electrons. The summed E-state index contributed by atoms with van der Waals surface area (Å²) in [7, 11) is 1.91. The van der Waals surface area contributed by atoms with Gasteiger partial charge in [0.15, 0.2) is 5.96 Å². The minimum Gasteiger partial charge on any atom is -0.357 e. The van der Waals surface area contributed by atoms with Crippen LogP contribution in [0.5, 0.6) is 0 Å². The zero-order chi connectivity index (χ0) is 17.2. The first-order valence-corrected chi connectivity index (χ1v) is 9.05. The third-order valence-corrected chi connectivity index (χ3v) is 4.46. The van der Waals surface area contributed by atoms with E-state index in [2.05, 4.69) is 20.7 Å². The molecule has 0 aliphatic heterocycles. The molecule has 2 rings (SSSR count). The fraction of sp³-hybridized carbons (Fsp3) is 0.412. The van der Waals surface area contributed by atoms with E-state index in [1.165, 1.54) is 12.1 Å². The van der Waals surface area contributed by atoms with Crippen LogP contribution in [0.2, 0.25) is 0 Å². The SMILES string of the molecule is CCNC(=NCc1ccnn1C)NCCCSc1ccc(F)cc1. The largest absolute Gasteiger partial charge is 0.357 e. The zero-order valence-corrected chi connectivity index (χ0v) is 14.9. The van der Waals surface area contributed by atoms with Crippen LogP contribution < -0.4 is 10.6 Å². The summed E-state index contributed by atoms with van der Waals surface area (Å²) < 4.78 is 14.7. The average Bonchev–Trinajstić information content (AvgIpc) is 2.99. The highest BCUT2D eigenvalue weighted by Crippen LogP contribution is 2.18. The monoisotopic (exact) mass is 349 g/mol. The first kappa shape index (κ1) is 18.3. The van der Waals surface area contributed by atoms with Crippen LogP contribution in [0.25, 0.3) is 0 Å². The van der Waals surface area contributed by atoms with E-state index in [-0.39, 0.29) is 5.82 Å². The number of thioether (sulfide) groups is 1. The van der Waals surface area contributed by atoms with Crippen molar-refractivity contribution in [3.63, 3.8) is 0 Å². The topological polar surface area (TPSA) is 54.2 Å². The van der Waals surface area contributed by atoms with Crippen molar-refractivity contribution < 1.29 is 4.39 Å². The first-order valence-electron chi connectivity index (χ1n) is 8.06. The van der Waals surface area contributed by atoms with Crippen molar-refractivity contribution in [3.05, 3.63) is 48.0 Å². The third-order valence-electron chi connectivity index (χ3n) is 3.36. The van der Waals surface area contributed by atoms with Gasteiger partial charge < -0.3 is 10.6 Å². The van der Waals surface area contributed by atoms with Crippen molar-refractivity contribution in [2.75, 3.05) is 18.8 Å². The van der Waals surface area contributed by atoms with E-state index >= 15 is 0 Å². The fourth-order valence-corrected chi connectivity index (χ4v) is 2.91. The second-order valence-corrected chi connectivity index (χ2v) is 6.39. The molecule has 0 saturated carbocycles. The molecule has 0 fully saturated rings. The van der Waals surface area contributed by atoms with Crippen LogP contribution in [-0.2, 0) is 13.6 Å². The van der Waals surface area contributed by atoms with Gasteiger partial charge in [-0.2, -0.15) is 5.10 Å². The zero-order valence-electron chi connectivity index (χ0n) is 14.1. The van der Waals surface area contributed by atoms with Gasteiger partial charge in [-0.05, 0) is 49.4 Å². The number of aromatic nitrogens is 2. The molecule has 0 unspecified atom stereocenters. The maximum atomic E-state index is 12.8. The summed E-state index contributed by atoms with van der Waals surface area (Å²) in [5.74, 6) is 1.59. The van der Waals surface area contributed by atoms with Gasteiger partial charge in [0.2, 0.25) is 0 Å². The van der Waals surface area contributed by atoms with Gasteiger partial charge in [0.25, 0.3) is 0 Å². The predicted octanol–water partition coefficient (Wildman–Crippen LogP) is 2.80. The number of nitrogens with zero attached hydrogens (tertiary/aromatic N) is 3. The van der Waals surface area contributed by atoms with Gasteiger partial charge >= 0.3 is 0 Å². The number of hydrogen-bond donors (Lipinski definition) is 2. The van der Waals surface area contributed by atoms with Crippen LogP contribution in [0, 0.1) is 5.82 Å². The molecule has 0 aliphatic rings. The number of benzene rings is 1. The van der Waals surface area contributed by atoms with Crippen LogP contribution in [0.1, 0.15) is 19.0 Å². The normalized spacial score (nSPS) is 11.5. The van der Waals surface area contributed by atoms with E-state index in [9.17, 15) is 4.39 Å². The number of rotatable bonds is 8. The van der Waals surface area contributed by atoms with Crippen LogP contribution in [-0.4, -0.2) is 34.6 Å². The lowest BCUT2D eigenvalue weighted by Crippen LogP contribution is -2.37. The highest BCUT2D eigenvalue weighted by molar-refractivity contribution is 7.99. The average molecular weight is 349 g/mol. The Balaban J connectivity index is 1.71. The minimum absolute atomic E-state index is 0.194. The van der Waals surface area contributed by atoms with E-state index in [0.29, 0.717) is 6.54 Å². The Morgan fingerprint density at radius 1 is 1.25 bits per heavy atom. The van der Waals surface area contributed by atoms with Crippen molar-refractivity contribution >= 4 is 17.7 Å². The van der Waals surface area contributed by atoms with Gasteiger partial charge in [0, 0.05) is 31.2 Å². The Hall–Kier alpha value is -2.02. The lowest BCUT2D eigenvalue weighted by atomic mass is 10.4. The Bertz CT molecular complexity index is 639. The van der Waals surface area contributed by atoms with Crippen molar-refractivity contribution in [3.8, 4) is 0 Å². The molecule has 24 heavy (non-hydrogen) atoms. The van der Waals surface area contributed by atoms with Crippen molar-refractivity contribution in [1.29, 1.82) is 0 Å². The van der Waals surface area contributed by atoms with Crippen molar-refractivity contribution in [2.24, 2.45) is 12.0 Å². The summed E-state index contributed by atoms with van der Waals surface area (Å²) in [5, 5.41) is 10.7. The molecule has 1 aromatic heterocycles. The molecule has 1 aromatic carbocycles. The van der Waals surface area contributed by atoms with Crippen LogP contribution in [0.3, 0.4) is 0 Å². The van der Waals surface area contributed by atoms with E-state index in [1.54, 1.807) is 18.0 Å². The summed E-state index contributed by atoms with van der Waals surface area (Å²) in [5.41, 5.74) is 1.07. The second kappa shape index (κ2) is 9.97. The van der Waals surface area contributed by atoms with Crippen LogP contribution in [0.4, 0.5) is 4.39 Å². The number of aliphatic imine (C=N–C) groups is 1. The molecule has 2 N–H and O–H groups in total. The van der Waals surface area contributed by atoms with Crippen LogP contribution >= 0.6 is 11.8 Å². The summed E-state index contributed by atoms with van der Waals surface area (Å²) in [6.45, 7) is 4.30. The van der Waals surface area contributed by atoms with Crippen LogP contribution in [0.15, 0.2) is 46.4 Å². The lowest BCUT2D eigenvalue weighted by molar-refractivity contribution is 0.626. The van der Waals surface area contributed by atoms with Crippen molar-refractivity contribution in [1.82, 2.24) is 20.4 Å². The van der Waals surface area contributed by atoms with Gasteiger partial charge in [-0.3, -0.25) is 4.68 Å². The Morgan fingerprint density at radius 3 is 2.71 bits per heavy atom. The predicted molar refractivity (Wildman–Crippen MR) is 97.8 cm³/mol. The van der Waals surface area contributed by atoms with Gasteiger partial charge in [-0.25, -0.2) is 9.38 Å². The summed E-state index contributed by atoms with van der Waals surface area (Å²) >= 11 is 1.73. The Labute approximate surface area is 146 Å². The van der Waals surface area contributed by atoms with Gasteiger partial charge in [-0.15, -0.1) is 11.8 Å². The maximum absolute atomic E-state index is 12.8. The highest BCUT2D eigenvalue weighted by atomic mass is 32.2. The summed E-state index contributed by atoms with van der Waals surface area (Å²) in [6, 6.07) is 8.58. The quantitative estimate of drug-likeness (QED) is 0.333. The molecule has 7 heteroatoms. The summed E-state index contributed by atoms with van der Waals surface area (Å²) in [6.07, 6.45) is 2.77. The minimum atomic E-state index is -0.194. The number of aryl methyl sites for hydroxylation is 1. The number of halogens is 1. The molecule has 0 aliphatic carbocycles. The standard InChI is InChI=1S/C17H24FN5S/c1-3-19-17(21-13-15-9-11-22-23(15)2)20-10-4-12-24-16-7-5-14(18)6-8-16/h5-9,11H,3-4,10,12-13H2,1-2H3,(H2,19,20,21). The number of hydrogen-bond acceptors (Lipinski definition) is 3. The summed E-state index contributed by atoms with van der Waals surface area (Å²) in [4.78, 5) is 5.66. The fourth-order valence-electron chi connectivity index (χ4n) is 2.06. The molecule has 0 amide bonds. The third kappa shape index (κ3) is 6.23. The van der Waals surface area contributed by atoms with Gasteiger partial charge in [-0.1, -0.05) is 0 Å². The lowest BCUT2D eigenvalue weighted by Gasteiger charge is -2.11. The molecule has 2 aromatic rings. The van der Waals surface area contributed by atoms with E-state index < -0.39 is 0 Å². The van der Waals surface area contributed by atoms with E-state index in [1.807, 2.05) is 36.9 Å². The number of nitrogens with one attached hydrogen (secondary N) is 2. The van der Waals surface area contributed by atoms with E-state index in [4.69, 9.17) is 0 Å². The molecule has 130 valence electrons. The molecule has 0 spiro atoms. The second-order valence-electron chi connectivity index (χ2n) is 5.22. The smallest absolute Gasteiger partial charge is 0.191 e. The molecular formula is C17H24FN5S. The maximum Gasteiger partial charge on any atom is 0.191 e. The first-order chi connectivity index (χ1) is 11.7. The molecule has 0 atom stereocenters. The van der Waals surface area contributed by atoms with E-state index in [0.717, 1.165) is 41.8 Å². The molecule has 0 saturated heterocycles. The molecule has 5 nitrogen and oxygen atoms in total. The van der Waals surface area contributed by atoms with Gasteiger partial charge in [0.1, 0.15) is 5.82 Å². The Kier molecular flexibility index (Phi) is 7.61. The van der Waals surface area contributed by atoms with Crippen molar-refractivity contribution in [2.45, 2.75) is 24.8 Å². The van der Waals surface area contributed by atoms with Gasteiger partial charge in [0.05, 0.1) is 12.2 Å². The highest BCUT2D eigenvalue weighted by Gasteiger charge is 2.00.